The molecule has 2 atom stereocenters. The van der Waals surface area contributed by atoms with Gasteiger partial charge < -0.3 is 10.5 Å². The van der Waals surface area contributed by atoms with E-state index in [0.29, 0.717) is 0 Å². The summed E-state index contributed by atoms with van der Waals surface area (Å²) >= 11 is 5.88. The summed E-state index contributed by atoms with van der Waals surface area (Å²) in [5.74, 6) is 0. The van der Waals surface area contributed by atoms with Crippen molar-refractivity contribution < 1.29 is 4.74 Å². The van der Waals surface area contributed by atoms with Crippen LogP contribution < -0.4 is 5.73 Å². The molecule has 0 spiro atoms. The SMILES string of the molecule is COC(c1ccccc1)C(N)Cc1ccc(Cl)cc1. The molecule has 0 aromatic heterocycles. The second kappa shape index (κ2) is 6.71. The molecular weight excluding hydrogens is 258 g/mol. The van der Waals surface area contributed by atoms with Crippen molar-refractivity contribution in [3.8, 4) is 0 Å². The summed E-state index contributed by atoms with van der Waals surface area (Å²) in [5.41, 5.74) is 8.54. The van der Waals surface area contributed by atoms with Crippen LogP contribution in [0.5, 0.6) is 0 Å². The van der Waals surface area contributed by atoms with E-state index in [4.69, 9.17) is 22.1 Å². The topological polar surface area (TPSA) is 35.2 Å². The summed E-state index contributed by atoms with van der Waals surface area (Å²) in [7, 11) is 1.69. The third kappa shape index (κ3) is 3.80. The first-order valence-corrected chi connectivity index (χ1v) is 6.66. The normalized spacial score (nSPS) is 14.1. The Bertz CT molecular complexity index is 498. The molecule has 2 aromatic rings. The number of rotatable bonds is 5. The summed E-state index contributed by atoms with van der Waals surface area (Å²) in [4.78, 5) is 0. The number of methoxy groups -OCH3 is 1. The van der Waals surface area contributed by atoms with Crippen LogP contribution in [0.1, 0.15) is 17.2 Å². The van der Waals surface area contributed by atoms with Gasteiger partial charge in [0.05, 0.1) is 6.10 Å². The molecule has 2 rings (SSSR count). The molecule has 0 aliphatic heterocycles. The van der Waals surface area contributed by atoms with Crippen LogP contribution in [0.2, 0.25) is 5.02 Å². The van der Waals surface area contributed by atoms with E-state index in [0.717, 1.165) is 22.6 Å². The van der Waals surface area contributed by atoms with E-state index >= 15 is 0 Å². The van der Waals surface area contributed by atoms with E-state index in [1.165, 1.54) is 0 Å². The Hall–Kier alpha value is -1.35. The van der Waals surface area contributed by atoms with E-state index in [9.17, 15) is 0 Å². The maximum Gasteiger partial charge on any atom is 0.0975 e. The molecule has 0 saturated heterocycles. The van der Waals surface area contributed by atoms with Crippen LogP contribution in [0.25, 0.3) is 0 Å². The summed E-state index contributed by atoms with van der Waals surface area (Å²) in [6, 6.07) is 17.7. The molecule has 100 valence electrons. The Balaban J connectivity index is 2.09. The molecular formula is C16H18ClNO. The first-order chi connectivity index (χ1) is 9.20. The average Bonchev–Trinajstić information content (AvgIpc) is 2.43. The van der Waals surface area contributed by atoms with E-state index in [-0.39, 0.29) is 12.1 Å². The van der Waals surface area contributed by atoms with Crippen LogP contribution in [0.4, 0.5) is 0 Å². The molecule has 0 amide bonds. The minimum absolute atomic E-state index is 0.0893. The van der Waals surface area contributed by atoms with E-state index in [1.807, 2.05) is 54.6 Å². The Morgan fingerprint density at radius 1 is 1.05 bits per heavy atom. The van der Waals surface area contributed by atoms with Gasteiger partial charge in [-0.3, -0.25) is 0 Å². The van der Waals surface area contributed by atoms with Gasteiger partial charge in [0.2, 0.25) is 0 Å². The zero-order chi connectivity index (χ0) is 13.7. The zero-order valence-corrected chi connectivity index (χ0v) is 11.7. The van der Waals surface area contributed by atoms with Crippen molar-refractivity contribution in [3.63, 3.8) is 0 Å². The molecule has 2 N–H and O–H groups in total. The molecule has 2 nitrogen and oxygen atoms in total. The fourth-order valence-electron chi connectivity index (χ4n) is 2.20. The van der Waals surface area contributed by atoms with Crippen LogP contribution in [-0.2, 0) is 11.2 Å². The third-order valence-electron chi connectivity index (χ3n) is 3.16. The fraction of sp³-hybridized carbons (Fsp3) is 0.250. The number of halogens is 1. The zero-order valence-electron chi connectivity index (χ0n) is 10.9. The maximum atomic E-state index is 6.27. The number of hydrogen-bond donors (Lipinski definition) is 1. The van der Waals surface area contributed by atoms with Gasteiger partial charge in [0, 0.05) is 18.2 Å². The summed E-state index contributed by atoms with van der Waals surface area (Å²) in [6.07, 6.45) is 0.654. The van der Waals surface area contributed by atoms with Gasteiger partial charge in [-0.1, -0.05) is 54.1 Å². The summed E-state index contributed by atoms with van der Waals surface area (Å²) in [5, 5.41) is 0.740. The molecule has 2 aromatic carbocycles. The van der Waals surface area contributed by atoms with E-state index < -0.39 is 0 Å². The first kappa shape index (κ1) is 14.1. The van der Waals surface area contributed by atoms with Crippen molar-refractivity contribution in [2.75, 3.05) is 7.11 Å². The van der Waals surface area contributed by atoms with Gasteiger partial charge in [-0.15, -0.1) is 0 Å². The lowest BCUT2D eigenvalue weighted by atomic mass is 9.97. The van der Waals surface area contributed by atoms with Gasteiger partial charge in [-0.05, 0) is 29.7 Å². The Morgan fingerprint density at radius 2 is 1.68 bits per heavy atom. The highest BCUT2D eigenvalue weighted by molar-refractivity contribution is 6.30. The molecule has 0 aliphatic carbocycles. The van der Waals surface area contributed by atoms with Gasteiger partial charge >= 0.3 is 0 Å². The molecule has 0 bridgehead atoms. The minimum Gasteiger partial charge on any atom is -0.375 e. The molecule has 3 heteroatoms. The molecule has 0 saturated carbocycles. The van der Waals surface area contributed by atoms with E-state index in [1.54, 1.807) is 7.11 Å². The molecule has 0 fully saturated rings. The maximum absolute atomic E-state index is 6.27. The van der Waals surface area contributed by atoms with Crippen molar-refractivity contribution >= 4 is 11.6 Å². The lowest BCUT2D eigenvalue weighted by Crippen LogP contribution is -2.31. The molecule has 0 heterocycles. The monoisotopic (exact) mass is 275 g/mol. The molecule has 0 radical (unpaired) electrons. The number of benzene rings is 2. The van der Waals surface area contributed by atoms with Gasteiger partial charge in [0.1, 0.15) is 0 Å². The molecule has 0 aliphatic rings. The van der Waals surface area contributed by atoms with Crippen molar-refractivity contribution in [1.29, 1.82) is 0 Å². The smallest absolute Gasteiger partial charge is 0.0975 e. The van der Waals surface area contributed by atoms with Crippen LogP contribution in [-0.4, -0.2) is 13.2 Å². The van der Waals surface area contributed by atoms with E-state index in [2.05, 4.69) is 0 Å². The van der Waals surface area contributed by atoms with Crippen molar-refractivity contribution in [1.82, 2.24) is 0 Å². The second-order valence-corrected chi connectivity index (χ2v) is 5.00. The molecule has 2 unspecified atom stereocenters. The van der Waals surface area contributed by atoms with Gasteiger partial charge in [-0.2, -0.15) is 0 Å². The Morgan fingerprint density at radius 3 is 2.26 bits per heavy atom. The number of hydrogen-bond acceptors (Lipinski definition) is 2. The van der Waals surface area contributed by atoms with Gasteiger partial charge in [0.15, 0.2) is 0 Å². The summed E-state index contributed by atoms with van der Waals surface area (Å²) < 4.78 is 5.54. The van der Waals surface area contributed by atoms with Crippen molar-refractivity contribution in [2.45, 2.75) is 18.6 Å². The Labute approximate surface area is 119 Å². The summed E-state index contributed by atoms with van der Waals surface area (Å²) in [6.45, 7) is 0. The number of ether oxygens (including phenoxy) is 1. The lowest BCUT2D eigenvalue weighted by Gasteiger charge is -2.23. The van der Waals surface area contributed by atoms with Crippen LogP contribution in [0, 0.1) is 0 Å². The van der Waals surface area contributed by atoms with Crippen LogP contribution in [0.15, 0.2) is 54.6 Å². The Kier molecular flexibility index (Phi) is 4.97. The quantitative estimate of drug-likeness (QED) is 0.905. The minimum atomic E-state index is -0.100. The predicted octanol–water partition coefficient (Wildman–Crippen LogP) is 3.60. The highest BCUT2D eigenvalue weighted by Gasteiger charge is 2.19. The highest BCUT2D eigenvalue weighted by atomic mass is 35.5. The van der Waals surface area contributed by atoms with Crippen molar-refractivity contribution in [3.05, 3.63) is 70.7 Å². The lowest BCUT2D eigenvalue weighted by molar-refractivity contribution is 0.0803. The average molecular weight is 276 g/mol. The highest BCUT2D eigenvalue weighted by Crippen LogP contribution is 2.22. The van der Waals surface area contributed by atoms with Gasteiger partial charge in [-0.25, -0.2) is 0 Å². The van der Waals surface area contributed by atoms with Crippen molar-refractivity contribution in [2.24, 2.45) is 5.73 Å². The largest absolute Gasteiger partial charge is 0.375 e. The van der Waals surface area contributed by atoms with Crippen LogP contribution >= 0.6 is 11.6 Å². The fourth-order valence-corrected chi connectivity index (χ4v) is 2.33. The third-order valence-corrected chi connectivity index (χ3v) is 3.41. The first-order valence-electron chi connectivity index (χ1n) is 6.28. The number of nitrogens with two attached hydrogens (primary N) is 1. The van der Waals surface area contributed by atoms with Crippen LogP contribution in [0.3, 0.4) is 0 Å². The van der Waals surface area contributed by atoms with Gasteiger partial charge in [0.25, 0.3) is 0 Å². The predicted molar refractivity (Wildman–Crippen MR) is 79.3 cm³/mol. The standard InChI is InChI=1S/C16H18ClNO/c1-19-16(13-5-3-2-4-6-13)15(18)11-12-7-9-14(17)10-8-12/h2-10,15-16H,11,18H2,1H3. The molecule has 19 heavy (non-hydrogen) atoms. The second-order valence-electron chi connectivity index (χ2n) is 4.56.